The molecule has 0 spiro atoms. The summed E-state index contributed by atoms with van der Waals surface area (Å²) in [6.07, 6.45) is 2.38. The lowest BCUT2D eigenvalue weighted by Gasteiger charge is -2.34. The molecule has 1 fully saturated rings. The molecule has 248 valence electrons. The van der Waals surface area contributed by atoms with E-state index in [1.807, 2.05) is 35.2 Å². The van der Waals surface area contributed by atoms with Crippen molar-refractivity contribution in [3.05, 3.63) is 52.5 Å². The molecule has 0 bridgehead atoms. The Morgan fingerprint density at radius 3 is 2.44 bits per heavy atom. The van der Waals surface area contributed by atoms with Crippen molar-refractivity contribution in [2.24, 2.45) is 0 Å². The van der Waals surface area contributed by atoms with Crippen LogP contribution in [-0.2, 0) is 32.0 Å². The molecule has 45 heavy (non-hydrogen) atoms. The smallest absolute Gasteiger partial charge is 0.490 e. The summed E-state index contributed by atoms with van der Waals surface area (Å²) in [7, 11) is 0. The molecule has 1 heterocycles. The number of hydrogen-bond donors (Lipinski definition) is 4. The second kappa shape index (κ2) is 17.8. The number of carboxylic acid groups (broad SMARTS) is 1. The van der Waals surface area contributed by atoms with Crippen molar-refractivity contribution >= 4 is 35.1 Å². The molecule has 0 unspecified atom stereocenters. The van der Waals surface area contributed by atoms with Gasteiger partial charge in [0, 0.05) is 24.2 Å². The van der Waals surface area contributed by atoms with Gasteiger partial charge in [-0.1, -0.05) is 55.1 Å². The van der Waals surface area contributed by atoms with Crippen LogP contribution < -0.4 is 15.4 Å². The van der Waals surface area contributed by atoms with Crippen LogP contribution in [0.2, 0.25) is 5.02 Å². The quantitative estimate of drug-likeness (QED) is 0.175. The summed E-state index contributed by atoms with van der Waals surface area (Å²) in [5, 5.41) is 24.0. The first-order valence-electron chi connectivity index (χ1n) is 14.9. The molecule has 2 aliphatic rings. The molecule has 1 saturated carbocycles. The van der Waals surface area contributed by atoms with Gasteiger partial charge in [-0.2, -0.15) is 13.2 Å². The third-order valence-electron chi connectivity index (χ3n) is 7.44. The van der Waals surface area contributed by atoms with Crippen LogP contribution in [0, 0.1) is 0 Å². The summed E-state index contributed by atoms with van der Waals surface area (Å²) >= 11 is 6.21. The van der Waals surface area contributed by atoms with Gasteiger partial charge < -0.3 is 35.2 Å². The lowest BCUT2D eigenvalue weighted by molar-refractivity contribution is -0.192. The Kier molecular flexibility index (Phi) is 14.2. The number of nitrogens with one attached hydrogen (secondary N) is 2. The number of aromatic hydroxyl groups is 1. The number of aliphatic carboxylic acids is 1. The largest absolute Gasteiger partial charge is 0.506 e. The zero-order valence-electron chi connectivity index (χ0n) is 24.8. The first-order valence-corrected chi connectivity index (χ1v) is 15.2. The topological polar surface area (TPSA) is 137 Å². The van der Waals surface area contributed by atoms with Crippen molar-refractivity contribution in [1.82, 2.24) is 10.2 Å². The summed E-state index contributed by atoms with van der Waals surface area (Å²) in [5.41, 5.74) is 2.31. The molecule has 4 rings (SSSR count). The van der Waals surface area contributed by atoms with E-state index in [4.69, 9.17) is 31.0 Å². The number of carbonyl (C=O) groups is 3. The standard InChI is InChI=1S/C29H38ClN3O5.C2HF3O2/c30-24-9-5-4-6-21(24)13-18-37-19-14-27(36)33(23-7-2-1-3-8-23)17-16-31-15-12-22-10-11-25(34)28-29(22)38-20-26(35)32-28;3-2(4,5)1(6)7/h4-6,9-11,23,31,34H,1-3,7-8,12-20H2,(H,32,35);(H,6,7). The summed E-state index contributed by atoms with van der Waals surface area (Å²) < 4.78 is 43.1. The highest BCUT2D eigenvalue weighted by Crippen LogP contribution is 2.39. The SMILES string of the molecule is O=C(O)C(F)(F)F.O=C1COc2c(CCNCCN(C(=O)CCOCCc3ccccc3Cl)C3CCCCC3)ccc(O)c2N1. The third-order valence-corrected chi connectivity index (χ3v) is 7.81. The summed E-state index contributed by atoms with van der Waals surface area (Å²) in [5.74, 6) is -2.36. The Labute approximate surface area is 264 Å². The minimum Gasteiger partial charge on any atom is -0.506 e. The van der Waals surface area contributed by atoms with E-state index in [9.17, 15) is 27.9 Å². The normalized spacial score (nSPS) is 14.8. The third kappa shape index (κ3) is 11.7. The first kappa shape index (κ1) is 35.9. The Morgan fingerprint density at radius 2 is 1.76 bits per heavy atom. The molecule has 14 heteroatoms. The van der Waals surface area contributed by atoms with E-state index in [2.05, 4.69) is 10.6 Å². The predicted molar refractivity (Wildman–Crippen MR) is 162 cm³/mol. The number of phenols is 1. The molecule has 10 nitrogen and oxygen atoms in total. The van der Waals surface area contributed by atoms with Crippen molar-refractivity contribution in [3.8, 4) is 11.5 Å². The van der Waals surface area contributed by atoms with Crippen LogP contribution in [0.1, 0.15) is 49.7 Å². The van der Waals surface area contributed by atoms with Gasteiger partial charge >= 0.3 is 12.1 Å². The van der Waals surface area contributed by atoms with E-state index >= 15 is 0 Å². The molecule has 0 aromatic heterocycles. The summed E-state index contributed by atoms with van der Waals surface area (Å²) in [6, 6.07) is 11.4. The molecular formula is C31H39ClF3N3O7. The molecular weight excluding hydrogens is 619 g/mol. The zero-order valence-corrected chi connectivity index (χ0v) is 25.6. The van der Waals surface area contributed by atoms with Crippen molar-refractivity contribution in [3.63, 3.8) is 0 Å². The second-order valence-electron chi connectivity index (χ2n) is 10.7. The van der Waals surface area contributed by atoms with Gasteiger partial charge in [0.25, 0.3) is 5.91 Å². The van der Waals surface area contributed by atoms with Gasteiger partial charge in [0.1, 0.15) is 11.4 Å². The Hall–Kier alpha value is -3.55. The zero-order chi connectivity index (χ0) is 32.8. The Balaban J connectivity index is 0.000000707. The van der Waals surface area contributed by atoms with Gasteiger partial charge in [0.2, 0.25) is 5.91 Å². The van der Waals surface area contributed by atoms with Gasteiger partial charge in [-0.15, -0.1) is 0 Å². The average molecular weight is 658 g/mol. The van der Waals surface area contributed by atoms with Crippen LogP contribution in [0.25, 0.3) is 0 Å². The maximum atomic E-state index is 13.2. The van der Waals surface area contributed by atoms with E-state index in [0.717, 1.165) is 35.4 Å². The molecule has 0 atom stereocenters. The van der Waals surface area contributed by atoms with Gasteiger partial charge in [-0.25, -0.2) is 4.79 Å². The number of hydrogen-bond acceptors (Lipinski definition) is 7. The summed E-state index contributed by atoms with van der Waals surface area (Å²) in [4.78, 5) is 35.7. The minimum atomic E-state index is -5.08. The molecule has 2 aromatic carbocycles. The Bertz CT molecular complexity index is 1290. The number of carbonyl (C=O) groups excluding carboxylic acids is 2. The highest BCUT2D eigenvalue weighted by atomic mass is 35.5. The van der Waals surface area contributed by atoms with Crippen molar-refractivity contribution < 1.29 is 47.2 Å². The Morgan fingerprint density at radius 1 is 1.04 bits per heavy atom. The number of carboxylic acids is 1. The molecule has 2 aromatic rings. The van der Waals surface area contributed by atoms with E-state index in [0.29, 0.717) is 63.2 Å². The van der Waals surface area contributed by atoms with Crippen LogP contribution in [0.15, 0.2) is 36.4 Å². The molecule has 1 aliphatic carbocycles. The van der Waals surface area contributed by atoms with Crippen LogP contribution in [-0.4, -0.2) is 84.6 Å². The van der Waals surface area contributed by atoms with Crippen molar-refractivity contribution in [2.45, 2.75) is 63.6 Å². The highest BCUT2D eigenvalue weighted by molar-refractivity contribution is 6.31. The lowest BCUT2D eigenvalue weighted by Crippen LogP contribution is -2.45. The van der Waals surface area contributed by atoms with E-state index in [-0.39, 0.29) is 24.2 Å². The number of fused-ring (bicyclic) bond motifs is 1. The van der Waals surface area contributed by atoms with E-state index < -0.39 is 12.1 Å². The van der Waals surface area contributed by atoms with Crippen molar-refractivity contribution in [1.29, 1.82) is 0 Å². The molecule has 1 aliphatic heterocycles. The number of benzene rings is 2. The van der Waals surface area contributed by atoms with E-state index in [1.54, 1.807) is 6.07 Å². The number of phenolic OH excluding ortho intramolecular Hbond substituents is 1. The summed E-state index contributed by atoms with van der Waals surface area (Å²) in [6.45, 7) is 2.92. The van der Waals surface area contributed by atoms with Gasteiger partial charge in [0.15, 0.2) is 12.4 Å². The molecule has 0 radical (unpaired) electrons. The van der Waals surface area contributed by atoms with Crippen molar-refractivity contribution in [2.75, 3.05) is 44.8 Å². The minimum absolute atomic E-state index is 0.000705. The lowest BCUT2D eigenvalue weighted by atomic mass is 9.94. The van der Waals surface area contributed by atoms with Gasteiger partial charge in [-0.3, -0.25) is 9.59 Å². The number of halogens is 4. The first-order chi connectivity index (χ1) is 21.5. The number of ether oxygens (including phenoxy) is 2. The fourth-order valence-electron chi connectivity index (χ4n) is 5.15. The van der Waals surface area contributed by atoms with E-state index in [1.165, 1.54) is 19.3 Å². The second-order valence-corrected chi connectivity index (χ2v) is 11.1. The van der Waals surface area contributed by atoms with Gasteiger partial charge in [0.05, 0.1) is 19.6 Å². The van der Waals surface area contributed by atoms with Crippen LogP contribution in [0.4, 0.5) is 18.9 Å². The van der Waals surface area contributed by atoms with Crippen LogP contribution in [0.5, 0.6) is 11.5 Å². The number of nitrogens with zero attached hydrogens (tertiary/aromatic N) is 1. The molecule has 0 saturated heterocycles. The van der Waals surface area contributed by atoms with Gasteiger partial charge in [-0.05, 0) is 55.5 Å². The number of amides is 2. The number of rotatable bonds is 13. The average Bonchev–Trinajstić information content (AvgIpc) is 3.01. The maximum absolute atomic E-state index is 13.2. The van der Waals surface area contributed by atoms with Crippen LogP contribution >= 0.6 is 11.6 Å². The monoisotopic (exact) mass is 657 g/mol. The molecule has 2 amide bonds. The fourth-order valence-corrected chi connectivity index (χ4v) is 5.38. The number of anilines is 1. The maximum Gasteiger partial charge on any atom is 0.490 e. The molecule has 4 N–H and O–H groups in total. The predicted octanol–water partition coefficient (Wildman–Crippen LogP) is 4.95. The van der Waals surface area contributed by atoms with Crippen LogP contribution in [0.3, 0.4) is 0 Å². The highest BCUT2D eigenvalue weighted by Gasteiger charge is 2.38. The fraction of sp³-hybridized carbons (Fsp3) is 0.516. The number of alkyl halides is 3.